The third-order valence-electron chi connectivity index (χ3n) is 7.18. The Balaban J connectivity index is 1.41. The minimum atomic E-state index is -0.514. The first-order valence-electron chi connectivity index (χ1n) is 14.4. The second kappa shape index (κ2) is 12.8. The van der Waals surface area contributed by atoms with Crippen molar-refractivity contribution in [3.8, 4) is 16.3 Å². The number of thiazole rings is 1. The molecule has 0 atom stereocenters. The van der Waals surface area contributed by atoms with E-state index in [0.29, 0.717) is 45.4 Å². The normalized spacial score (nSPS) is 18.4. The molecule has 2 fully saturated rings. The maximum absolute atomic E-state index is 13.2. The summed E-state index contributed by atoms with van der Waals surface area (Å²) in [5.74, 6) is -0.106. The largest absolute Gasteiger partial charge is 0.494 e. The number of aromatic nitrogens is 3. The van der Waals surface area contributed by atoms with Crippen LogP contribution in [0.5, 0.6) is 5.75 Å². The van der Waals surface area contributed by atoms with Crippen LogP contribution in [0.4, 0.5) is 17.2 Å². The van der Waals surface area contributed by atoms with E-state index in [1.807, 2.05) is 35.7 Å². The molecule has 5 rings (SSSR count). The molecule has 0 aliphatic heterocycles. The zero-order valence-corrected chi connectivity index (χ0v) is 25.5. The molecule has 12 nitrogen and oxygen atoms in total. The number of methoxy groups -OCH3 is 1. The molecule has 2 heterocycles. The Hall–Kier alpha value is -3.91. The van der Waals surface area contributed by atoms with Crippen LogP contribution in [-0.4, -0.2) is 86.0 Å². The molecule has 0 unspecified atom stereocenters. The lowest BCUT2D eigenvalue weighted by Gasteiger charge is -2.25. The third kappa shape index (κ3) is 7.74. The summed E-state index contributed by atoms with van der Waals surface area (Å²) in [7, 11) is 7.13. The fourth-order valence-electron chi connectivity index (χ4n) is 4.84. The van der Waals surface area contributed by atoms with E-state index in [1.165, 1.54) is 18.4 Å². The van der Waals surface area contributed by atoms with Crippen molar-refractivity contribution in [2.24, 2.45) is 5.92 Å². The first kappa shape index (κ1) is 30.5. The molecule has 5 N–H and O–H groups in total. The SMILES string of the molecule is BC(B)(B)NC(=O)c1nnc(NC(=O)C2CC2)cc1Nc1cccc(-c2ncc(C(=O)NC3CCC(O)CC3)s2)c1OC. The number of carbonyl (C=O) groups is 3. The van der Waals surface area contributed by atoms with Crippen molar-refractivity contribution in [2.45, 2.75) is 55.9 Å². The van der Waals surface area contributed by atoms with Crippen molar-refractivity contribution in [2.75, 3.05) is 17.7 Å². The van der Waals surface area contributed by atoms with Crippen LogP contribution in [0.15, 0.2) is 30.5 Å². The van der Waals surface area contributed by atoms with Crippen LogP contribution >= 0.6 is 11.3 Å². The topological polar surface area (TPSA) is 167 Å². The van der Waals surface area contributed by atoms with Crippen molar-refractivity contribution in [3.63, 3.8) is 0 Å². The Morgan fingerprint density at radius 3 is 2.44 bits per heavy atom. The van der Waals surface area contributed by atoms with Gasteiger partial charge < -0.3 is 31.1 Å². The second-order valence-electron chi connectivity index (χ2n) is 12.0. The number of rotatable bonds is 10. The second-order valence-corrected chi connectivity index (χ2v) is 13.0. The van der Waals surface area contributed by atoms with Crippen LogP contribution in [0.25, 0.3) is 10.6 Å². The Morgan fingerprint density at radius 2 is 1.77 bits per heavy atom. The molecule has 0 spiro atoms. The van der Waals surface area contributed by atoms with Gasteiger partial charge in [-0.15, -0.1) is 21.5 Å². The van der Waals surface area contributed by atoms with Gasteiger partial charge in [-0.25, -0.2) is 4.98 Å². The lowest BCUT2D eigenvalue weighted by Crippen LogP contribution is -2.50. The summed E-state index contributed by atoms with van der Waals surface area (Å²) in [4.78, 5) is 43.4. The van der Waals surface area contributed by atoms with Gasteiger partial charge in [-0.1, -0.05) is 6.07 Å². The summed E-state index contributed by atoms with van der Waals surface area (Å²) < 4.78 is 5.79. The molecule has 2 saturated carbocycles. The fourth-order valence-corrected chi connectivity index (χ4v) is 5.68. The maximum Gasteiger partial charge on any atom is 0.272 e. The lowest BCUT2D eigenvalue weighted by molar-refractivity contribution is -0.117. The summed E-state index contributed by atoms with van der Waals surface area (Å²) in [5.41, 5.74) is 1.56. The number of para-hydroxylation sites is 1. The van der Waals surface area contributed by atoms with Gasteiger partial charge in [0.1, 0.15) is 33.4 Å². The average Bonchev–Trinajstić information content (AvgIpc) is 3.70. The van der Waals surface area contributed by atoms with Crippen molar-refractivity contribution in [1.82, 2.24) is 25.8 Å². The number of carbonyl (C=O) groups excluding carboxylic acids is 3. The van der Waals surface area contributed by atoms with Gasteiger partial charge in [0.15, 0.2) is 17.3 Å². The number of aliphatic hydroxyl groups excluding tert-OH is 1. The van der Waals surface area contributed by atoms with Crippen LogP contribution in [-0.2, 0) is 4.79 Å². The number of amides is 3. The number of hydrogen-bond acceptors (Lipinski definition) is 10. The monoisotopic (exact) mass is 601 g/mol. The number of hydrogen-bond donors (Lipinski definition) is 5. The summed E-state index contributed by atoms with van der Waals surface area (Å²) in [6.45, 7) is 0. The van der Waals surface area contributed by atoms with Gasteiger partial charge in [-0.3, -0.25) is 14.4 Å². The maximum atomic E-state index is 13.2. The Labute approximate surface area is 256 Å². The van der Waals surface area contributed by atoms with E-state index in [2.05, 4.69) is 36.4 Å². The molecule has 43 heavy (non-hydrogen) atoms. The van der Waals surface area contributed by atoms with E-state index in [1.54, 1.807) is 18.3 Å². The van der Waals surface area contributed by atoms with Crippen molar-refractivity contribution >= 4 is 69.8 Å². The minimum absolute atomic E-state index is 0.0281. The van der Waals surface area contributed by atoms with Gasteiger partial charge in [-0.05, 0) is 55.9 Å². The number of anilines is 3. The van der Waals surface area contributed by atoms with Crippen LogP contribution in [0, 0.1) is 5.92 Å². The van der Waals surface area contributed by atoms with Gasteiger partial charge in [0.25, 0.3) is 11.8 Å². The number of nitrogens with one attached hydrogen (secondary N) is 4. The van der Waals surface area contributed by atoms with E-state index in [4.69, 9.17) is 4.74 Å². The van der Waals surface area contributed by atoms with Gasteiger partial charge in [-0.2, -0.15) is 0 Å². The molecule has 3 amide bonds. The van der Waals surface area contributed by atoms with E-state index < -0.39 is 11.1 Å². The zero-order chi connectivity index (χ0) is 30.7. The van der Waals surface area contributed by atoms with Crippen LogP contribution in [0.1, 0.15) is 58.7 Å². The summed E-state index contributed by atoms with van der Waals surface area (Å²) >= 11 is 1.25. The zero-order valence-electron chi connectivity index (χ0n) is 24.7. The molecule has 1 aromatic carbocycles. The number of aliphatic hydroxyl groups is 1. The summed E-state index contributed by atoms with van der Waals surface area (Å²) in [5, 5.41) is 30.0. The molecule has 2 aromatic heterocycles. The minimum Gasteiger partial charge on any atom is -0.494 e. The van der Waals surface area contributed by atoms with Crippen LogP contribution < -0.4 is 26.0 Å². The van der Waals surface area contributed by atoms with Crippen molar-refractivity contribution < 1.29 is 24.2 Å². The van der Waals surface area contributed by atoms with Gasteiger partial charge in [0, 0.05) is 18.0 Å². The molecule has 222 valence electrons. The van der Waals surface area contributed by atoms with E-state index in [0.717, 1.165) is 25.7 Å². The summed E-state index contributed by atoms with van der Waals surface area (Å²) in [6, 6.07) is 7.05. The fraction of sp³-hybridized carbons (Fsp3) is 0.407. The highest BCUT2D eigenvalue weighted by molar-refractivity contribution is 7.17. The standard InChI is InChI=1S/C27H34B3N7O5S/c1-42-22-16(26-31-12-19(43-26)24(40)32-14-7-9-15(38)10-8-14)3-2-4-17(22)33-18-11-20(34-23(39)13-5-6-13)36-37-21(18)25(41)35-27(28,29)30/h2-4,11-15,38H,5-10,28-30H2,1H3,(H,32,40)(H,35,41)(H2,33,34,36,39). The molecule has 16 heteroatoms. The molecule has 0 saturated heterocycles. The molecule has 3 aromatic rings. The predicted molar refractivity (Wildman–Crippen MR) is 172 cm³/mol. The highest BCUT2D eigenvalue weighted by atomic mass is 32.1. The molecule has 0 bridgehead atoms. The molecule has 2 aliphatic carbocycles. The number of benzene rings is 1. The Morgan fingerprint density at radius 1 is 1.02 bits per heavy atom. The molecular formula is C27H34B3N7O5S. The van der Waals surface area contributed by atoms with E-state index >= 15 is 0 Å². The number of nitrogens with zero attached hydrogens (tertiary/aromatic N) is 3. The molecular weight excluding hydrogens is 567 g/mol. The Kier molecular flexibility index (Phi) is 9.07. The van der Waals surface area contributed by atoms with Crippen molar-refractivity contribution in [1.29, 1.82) is 0 Å². The average molecular weight is 601 g/mol. The van der Waals surface area contributed by atoms with Crippen molar-refractivity contribution in [3.05, 3.63) is 41.0 Å². The molecule has 2 aliphatic rings. The summed E-state index contributed by atoms with van der Waals surface area (Å²) in [6.07, 6.45) is 5.77. The van der Waals surface area contributed by atoms with Gasteiger partial charge in [0.2, 0.25) is 5.91 Å². The number of ether oxygens (including phenoxy) is 1. The quantitative estimate of drug-likeness (QED) is 0.201. The lowest BCUT2D eigenvalue weighted by atomic mass is 9.49. The van der Waals surface area contributed by atoms with Gasteiger partial charge >= 0.3 is 0 Å². The first-order chi connectivity index (χ1) is 20.5. The van der Waals surface area contributed by atoms with E-state index in [-0.39, 0.29) is 41.4 Å². The predicted octanol–water partition coefficient (Wildman–Crippen LogP) is -0.0255. The Bertz CT molecular complexity index is 1520. The van der Waals surface area contributed by atoms with Crippen LogP contribution in [0.3, 0.4) is 0 Å². The molecule has 0 radical (unpaired) electrons. The third-order valence-corrected chi connectivity index (χ3v) is 8.21. The van der Waals surface area contributed by atoms with E-state index in [9.17, 15) is 19.5 Å². The first-order valence-corrected chi connectivity index (χ1v) is 15.2. The van der Waals surface area contributed by atoms with Crippen LogP contribution in [0.2, 0.25) is 0 Å². The van der Waals surface area contributed by atoms with Gasteiger partial charge in [0.05, 0.1) is 36.3 Å². The highest BCUT2D eigenvalue weighted by Gasteiger charge is 2.30. The smallest absolute Gasteiger partial charge is 0.272 e. The highest BCUT2D eigenvalue weighted by Crippen LogP contribution is 2.40.